The van der Waals surface area contributed by atoms with Crippen LogP contribution in [0.1, 0.15) is 73.4 Å². The van der Waals surface area contributed by atoms with E-state index in [9.17, 15) is 9.35 Å². The fourth-order valence-electron chi connectivity index (χ4n) is 7.26. The number of benzene rings is 2. The highest BCUT2D eigenvalue weighted by Crippen LogP contribution is 2.47. The minimum atomic E-state index is -1.46. The maximum Gasteiger partial charge on any atom is 0.292 e. The third kappa shape index (κ3) is 5.88. The molecule has 6 nitrogen and oxygen atoms in total. The second kappa shape index (κ2) is 12.2. The van der Waals surface area contributed by atoms with Gasteiger partial charge in [-0.15, -0.1) is 0 Å². The van der Waals surface area contributed by atoms with Crippen molar-refractivity contribution in [3.63, 3.8) is 0 Å². The number of carbonyl (C=O) groups is 1. The van der Waals surface area contributed by atoms with Crippen LogP contribution < -0.4 is 14.4 Å². The molecule has 2 aromatic rings. The molecule has 7 atom stereocenters. The fourth-order valence-corrected chi connectivity index (χ4v) is 8.38. The zero-order valence-corrected chi connectivity index (χ0v) is 25.8. The first-order chi connectivity index (χ1) is 19.8. The van der Waals surface area contributed by atoms with E-state index in [1.54, 1.807) is 6.07 Å². The van der Waals surface area contributed by atoms with E-state index in [4.69, 9.17) is 21.1 Å². The highest BCUT2D eigenvalue weighted by Gasteiger charge is 2.43. The van der Waals surface area contributed by atoms with E-state index in [-0.39, 0.29) is 23.2 Å². The number of rotatable bonds is 4. The lowest BCUT2D eigenvalue weighted by atomic mass is 9.65. The Kier molecular flexibility index (Phi) is 8.60. The van der Waals surface area contributed by atoms with Crippen LogP contribution in [-0.4, -0.2) is 48.6 Å². The molecule has 41 heavy (non-hydrogen) atoms. The first-order valence-electron chi connectivity index (χ1n) is 15.1. The Hall–Kier alpha value is -2.19. The molecule has 1 saturated carbocycles. The van der Waals surface area contributed by atoms with Crippen LogP contribution in [0.3, 0.4) is 0 Å². The summed E-state index contributed by atoms with van der Waals surface area (Å²) in [6.45, 7) is 6.36. The molecule has 220 valence electrons. The third-order valence-corrected chi connectivity index (χ3v) is 11.1. The summed E-state index contributed by atoms with van der Waals surface area (Å²) in [5, 5.41) is 0.628. The number of nitrogens with one attached hydrogen (secondary N) is 1. The SMILES string of the molecule is CCCc1cc(Cl)ccc1C1COc2ccc3cc2N(C1)CC1CCC1C(OC)C1=CC(C1)CC(C)[S+]([O-])NC3=O. The normalized spacial score (nSPS) is 31.4. The highest BCUT2D eigenvalue weighted by atomic mass is 35.5. The molecule has 1 N–H and O–H groups in total. The average molecular weight is 597 g/mol. The largest absolute Gasteiger partial charge is 0.593 e. The Morgan fingerprint density at radius 3 is 2.76 bits per heavy atom. The zero-order valence-electron chi connectivity index (χ0n) is 24.2. The molecule has 5 aliphatic rings. The minimum Gasteiger partial charge on any atom is -0.593 e. The molecule has 1 amide bonds. The van der Waals surface area contributed by atoms with E-state index in [1.165, 1.54) is 16.7 Å². The summed E-state index contributed by atoms with van der Waals surface area (Å²) in [6, 6.07) is 11.9. The summed E-state index contributed by atoms with van der Waals surface area (Å²) < 4.78 is 28.4. The predicted octanol–water partition coefficient (Wildman–Crippen LogP) is 6.45. The van der Waals surface area contributed by atoms with Crippen LogP contribution in [0, 0.1) is 17.8 Å². The lowest BCUT2D eigenvalue weighted by Crippen LogP contribution is -2.46. The number of hydrogen-bond donors (Lipinski definition) is 1. The Morgan fingerprint density at radius 2 is 2.02 bits per heavy atom. The van der Waals surface area contributed by atoms with Gasteiger partial charge in [-0.2, -0.15) is 4.72 Å². The molecule has 2 aromatic carbocycles. The zero-order chi connectivity index (χ0) is 28.7. The molecule has 2 aliphatic carbocycles. The molecule has 1 fully saturated rings. The van der Waals surface area contributed by atoms with Crippen molar-refractivity contribution >= 4 is 34.6 Å². The molecule has 4 bridgehead atoms. The van der Waals surface area contributed by atoms with E-state index in [2.05, 4.69) is 34.8 Å². The quantitative estimate of drug-likeness (QED) is 0.324. The van der Waals surface area contributed by atoms with Gasteiger partial charge in [-0.25, -0.2) is 0 Å². The number of fused-ring (bicyclic) bond motifs is 4. The molecule has 3 heterocycles. The Balaban J connectivity index is 1.37. The molecule has 3 aliphatic heterocycles. The molecule has 7 unspecified atom stereocenters. The van der Waals surface area contributed by atoms with Crippen molar-refractivity contribution < 1.29 is 18.8 Å². The van der Waals surface area contributed by atoms with Crippen molar-refractivity contribution in [2.45, 2.75) is 69.6 Å². The van der Waals surface area contributed by atoms with Crippen LogP contribution in [0.5, 0.6) is 5.75 Å². The topological polar surface area (TPSA) is 73.9 Å². The number of halogens is 1. The Bertz CT molecular complexity index is 1320. The average Bonchev–Trinajstić information content (AvgIpc) is 3.10. The number of nitrogens with zero attached hydrogens (tertiary/aromatic N) is 1. The lowest BCUT2D eigenvalue weighted by Gasteiger charge is -2.46. The van der Waals surface area contributed by atoms with Gasteiger partial charge >= 0.3 is 0 Å². The fraction of sp³-hybridized carbons (Fsp3) is 0.545. The smallest absolute Gasteiger partial charge is 0.292 e. The summed E-state index contributed by atoms with van der Waals surface area (Å²) in [5.74, 6) is 1.98. The van der Waals surface area contributed by atoms with Gasteiger partial charge in [0.1, 0.15) is 11.0 Å². The predicted molar refractivity (Wildman–Crippen MR) is 165 cm³/mol. The van der Waals surface area contributed by atoms with Crippen molar-refractivity contribution in [3.8, 4) is 5.75 Å². The van der Waals surface area contributed by atoms with Crippen LogP contribution in [0.2, 0.25) is 5.02 Å². The second-order valence-corrected chi connectivity index (χ2v) is 14.4. The summed E-state index contributed by atoms with van der Waals surface area (Å²) >= 11 is 4.95. The number of anilines is 1. The number of methoxy groups -OCH3 is 1. The van der Waals surface area contributed by atoms with Crippen LogP contribution in [0.4, 0.5) is 5.69 Å². The van der Waals surface area contributed by atoms with Gasteiger partial charge in [0.25, 0.3) is 5.91 Å². The van der Waals surface area contributed by atoms with E-state index >= 15 is 0 Å². The maximum absolute atomic E-state index is 13.3. The van der Waals surface area contributed by atoms with Crippen molar-refractivity contribution in [2.24, 2.45) is 17.8 Å². The number of amides is 1. The lowest BCUT2D eigenvalue weighted by molar-refractivity contribution is 0.000664. The molecule has 0 radical (unpaired) electrons. The van der Waals surface area contributed by atoms with Gasteiger partial charge < -0.3 is 18.9 Å². The number of carbonyl (C=O) groups excluding carboxylic acids is 1. The van der Waals surface area contributed by atoms with E-state index < -0.39 is 11.4 Å². The summed E-state index contributed by atoms with van der Waals surface area (Å²) in [6.07, 6.45) is 8.57. The Labute approximate surface area is 252 Å². The van der Waals surface area contributed by atoms with Gasteiger partial charge in [-0.1, -0.05) is 37.1 Å². The standard InChI is InChI=1S/C33H41ClN2O4S/c1-4-5-22-15-27(34)8-10-28(22)26-18-36-17-24-6-9-29(24)32(39-3)25-13-21(14-25)12-20(2)41(38)35-33(37)23-7-11-31(40-19-26)30(36)16-23/h7-8,10-11,13,15-16,20-21,24,26,29,32H,4-6,9,12,14,17-19H2,1-3H3,(H,35,37). The molecule has 0 spiro atoms. The van der Waals surface area contributed by atoms with Gasteiger partial charge in [0.15, 0.2) is 0 Å². The van der Waals surface area contributed by atoms with Crippen LogP contribution >= 0.6 is 11.6 Å². The van der Waals surface area contributed by atoms with Crippen LogP contribution in [0.25, 0.3) is 0 Å². The van der Waals surface area contributed by atoms with E-state index in [0.717, 1.165) is 68.1 Å². The summed E-state index contributed by atoms with van der Waals surface area (Å²) in [7, 11) is 1.84. The number of hydrogen-bond acceptors (Lipinski definition) is 5. The van der Waals surface area contributed by atoms with Crippen LogP contribution in [0.15, 0.2) is 48.0 Å². The van der Waals surface area contributed by atoms with Crippen LogP contribution in [-0.2, 0) is 22.5 Å². The minimum absolute atomic E-state index is 0.134. The first-order valence-corrected chi connectivity index (χ1v) is 16.7. The van der Waals surface area contributed by atoms with Crippen molar-refractivity contribution in [2.75, 3.05) is 31.7 Å². The molecule has 7 rings (SSSR count). The van der Waals surface area contributed by atoms with Gasteiger partial charge in [-0.05, 0) is 97.4 Å². The van der Waals surface area contributed by atoms with Crippen molar-refractivity contribution in [1.29, 1.82) is 0 Å². The van der Waals surface area contributed by atoms with Gasteiger partial charge in [0.2, 0.25) is 0 Å². The van der Waals surface area contributed by atoms with Gasteiger partial charge in [-0.3, -0.25) is 4.79 Å². The van der Waals surface area contributed by atoms with E-state index in [1.807, 2.05) is 32.2 Å². The van der Waals surface area contributed by atoms with E-state index in [0.29, 0.717) is 29.9 Å². The monoisotopic (exact) mass is 596 g/mol. The van der Waals surface area contributed by atoms with Gasteiger partial charge in [0, 0.05) is 43.1 Å². The summed E-state index contributed by atoms with van der Waals surface area (Å²) in [4.78, 5) is 15.7. The Morgan fingerprint density at radius 1 is 1.20 bits per heavy atom. The maximum atomic E-state index is 13.3. The van der Waals surface area contributed by atoms with Crippen molar-refractivity contribution in [3.05, 3.63) is 69.8 Å². The van der Waals surface area contributed by atoms with Gasteiger partial charge in [0.05, 0.1) is 29.8 Å². The molecular weight excluding hydrogens is 556 g/mol. The highest BCUT2D eigenvalue weighted by molar-refractivity contribution is 7.90. The summed E-state index contributed by atoms with van der Waals surface area (Å²) in [5.41, 5.74) is 5.38. The molecule has 0 aromatic heterocycles. The molecule has 0 saturated heterocycles. The van der Waals surface area contributed by atoms with Crippen molar-refractivity contribution in [1.82, 2.24) is 4.72 Å². The number of ether oxygens (including phenoxy) is 2. The third-order valence-electron chi connectivity index (χ3n) is 9.59. The number of allylic oxidation sites excluding steroid dienone is 1. The molecule has 8 heteroatoms. The first kappa shape index (κ1) is 28.9. The molecular formula is C33H41ClN2O4S. The second-order valence-electron chi connectivity index (χ2n) is 12.3. The number of aryl methyl sites for hydroxylation is 1.